The Hall–Kier alpha value is -1.36. The monoisotopic (exact) mass is 325 g/mol. The normalized spacial score (nSPS) is 16.9. The quantitative estimate of drug-likeness (QED) is 0.853. The fraction of sp³-hybridized carbons (Fsp3) is 0.688. The van der Waals surface area contributed by atoms with Crippen LogP contribution in [0.2, 0.25) is 5.15 Å². The third-order valence-corrected chi connectivity index (χ3v) is 4.44. The van der Waals surface area contributed by atoms with Crippen molar-refractivity contribution in [2.75, 3.05) is 13.1 Å². The van der Waals surface area contributed by atoms with E-state index in [1.54, 1.807) is 13.8 Å². The van der Waals surface area contributed by atoms with Gasteiger partial charge in [-0.1, -0.05) is 25.4 Å². The van der Waals surface area contributed by atoms with Gasteiger partial charge in [0.05, 0.1) is 12.4 Å². The lowest BCUT2D eigenvalue weighted by atomic mass is 9.86. The van der Waals surface area contributed by atoms with E-state index in [1.165, 1.54) is 12.4 Å². The lowest BCUT2D eigenvalue weighted by Gasteiger charge is -2.37. The number of ether oxygens (including phenoxy) is 1. The summed E-state index contributed by atoms with van der Waals surface area (Å²) in [5, 5.41) is 0.298. The first-order valence-corrected chi connectivity index (χ1v) is 8.13. The van der Waals surface area contributed by atoms with Gasteiger partial charge in [-0.2, -0.15) is 0 Å². The van der Waals surface area contributed by atoms with Crippen LogP contribution in [0, 0.1) is 11.8 Å². The Morgan fingerprint density at radius 2 is 1.95 bits per heavy atom. The highest BCUT2D eigenvalue weighted by Gasteiger charge is 2.36. The molecule has 1 amide bonds. The van der Waals surface area contributed by atoms with Crippen molar-refractivity contribution in [1.29, 1.82) is 0 Å². The Balaban J connectivity index is 1.97. The van der Waals surface area contributed by atoms with Gasteiger partial charge in [0.25, 0.3) is 5.91 Å². The van der Waals surface area contributed by atoms with Crippen LogP contribution >= 0.6 is 11.6 Å². The van der Waals surface area contributed by atoms with Crippen LogP contribution in [-0.4, -0.2) is 39.5 Å². The number of halogens is 1. The van der Waals surface area contributed by atoms with E-state index in [0.717, 1.165) is 25.9 Å². The highest BCUT2D eigenvalue weighted by Crippen LogP contribution is 2.27. The predicted octanol–water partition coefficient (Wildman–Crippen LogP) is 3.18. The van der Waals surface area contributed by atoms with Crippen LogP contribution < -0.4 is 4.74 Å². The van der Waals surface area contributed by atoms with Crippen molar-refractivity contribution in [2.24, 2.45) is 11.8 Å². The molecule has 1 aromatic heterocycles. The van der Waals surface area contributed by atoms with Gasteiger partial charge in [-0.3, -0.25) is 4.79 Å². The molecule has 0 unspecified atom stereocenters. The number of hydrogen-bond donors (Lipinski definition) is 0. The van der Waals surface area contributed by atoms with Crippen LogP contribution in [0.1, 0.15) is 40.5 Å². The van der Waals surface area contributed by atoms with Crippen LogP contribution in [0.5, 0.6) is 5.88 Å². The summed E-state index contributed by atoms with van der Waals surface area (Å²) in [5.74, 6) is 1.67. The smallest absolute Gasteiger partial charge is 0.266 e. The summed E-state index contributed by atoms with van der Waals surface area (Å²) < 4.78 is 5.72. The van der Waals surface area contributed by atoms with Crippen LogP contribution in [0.3, 0.4) is 0 Å². The molecule has 1 aliphatic heterocycles. The van der Waals surface area contributed by atoms with E-state index in [2.05, 4.69) is 23.8 Å². The van der Waals surface area contributed by atoms with E-state index >= 15 is 0 Å². The van der Waals surface area contributed by atoms with Crippen molar-refractivity contribution in [2.45, 2.75) is 46.1 Å². The van der Waals surface area contributed by atoms with Gasteiger partial charge in [-0.15, -0.1) is 0 Å². The number of nitrogens with zero attached hydrogens (tertiary/aromatic N) is 3. The molecule has 22 heavy (non-hydrogen) atoms. The number of carbonyl (C=O) groups is 1. The zero-order valence-electron chi connectivity index (χ0n) is 13.7. The van der Waals surface area contributed by atoms with E-state index in [-0.39, 0.29) is 5.91 Å². The minimum absolute atomic E-state index is 0.00791. The van der Waals surface area contributed by atoms with Crippen molar-refractivity contribution >= 4 is 17.5 Å². The zero-order chi connectivity index (χ0) is 16.3. The summed E-state index contributed by atoms with van der Waals surface area (Å²) in [4.78, 5) is 22.5. The summed E-state index contributed by atoms with van der Waals surface area (Å²) in [7, 11) is 0. The van der Waals surface area contributed by atoms with Crippen molar-refractivity contribution in [1.82, 2.24) is 14.9 Å². The molecule has 1 fully saturated rings. The summed E-state index contributed by atoms with van der Waals surface area (Å²) in [6.07, 6.45) is 4.95. The molecule has 2 rings (SSSR count). The van der Waals surface area contributed by atoms with Gasteiger partial charge < -0.3 is 9.64 Å². The molecule has 0 spiro atoms. The summed E-state index contributed by atoms with van der Waals surface area (Å²) in [6, 6.07) is 0. The van der Waals surface area contributed by atoms with Gasteiger partial charge in [0, 0.05) is 13.1 Å². The third kappa shape index (κ3) is 4.09. The second-order valence-corrected chi connectivity index (χ2v) is 7.05. The number of likely N-dealkylation sites (tertiary alicyclic amines) is 1. The molecule has 6 heteroatoms. The molecule has 0 N–H and O–H groups in total. The molecule has 0 aliphatic carbocycles. The van der Waals surface area contributed by atoms with E-state index in [9.17, 15) is 4.79 Å². The Morgan fingerprint density at radius 1 is 1.32 bits per heavy atom. The van der Waals surface area contributed by atoms with Crippen molar-refractivity contribution in [3.05, 3.63) is 17.5 Å². The largest absolute Gasteiger partial charge is 0.460 e. The van der Waals surface area contributed by atoms with Gasteiger partial charge >= 0.3 is 0 Å². The molecule has 2 heterocycles. The molecule has 0 atom stereocenters. The Labute approximate surface area is 137 Å². The fourth-order valence-electron chi connectivity index (χ4n) is 2.81. The molecule has 1 aromatic rings. The molecule has 0 aromatic carbocycles. The molecule has 0 radical (unpaired) electrons. The second-order valence-electron chi connectivity index (χ2n) is 6.66. The van der Waals surface area contributed by atoms with Crippen LogP contribution in [0.25, 0.3) is 0 Å². The maximum atomic E-state index is 12.7. The second kappa shape index (κ2) is 6.82. The maximum Gasteiger partial charge on any atom is 0.266 e. The lowest BCUT2D eigenvalue weighted by molar-refractivity contribution is -0.147. The molecule has 1 saturated heterocycles. The van der Waals surface area contributed by atoms with Crippen molar-refractivity contribution in [3.8, 4) is 5.88 Å². The average molecular weight is 326 g/mol. The van der Waals surface area contributed by atoms with E-state index in [0.29, 0.717) is 22.9 Å². The van der Waals surface area contributed by atoms with E-state index in [4.69, 9.17) is 16.3 Å². The predicted molar refractivity (Wildman–Crippen MR) is 85.9 cm³/mol. The van der Waals surface area contributed by atoms with Gasteiger partial charge in [-0.05, 0) is 38.5 Å². The molecular formula is C16H24ClN3O2. The summed E-state index contributed by atoms with van der Waals surface area (Å²) in [5.41, 5.74) is -0.965. The first-order valence-electron chi connectivity index (χ1n) is 7.75. The Bertz CT molecular complexity index is 509. The first-order chi connectivity index (χ1) is 10.3. The number of amides is 1. The number of rotatable bonds is 4. The third-order valence-electron chi connectivity index (χ3n) is 4.24. The SMILES string of the molecule is CC(C)C1CCN(C(=O)C(C)(C)Oc2cnc(Cl)cn2)CC1. The first kappa shape index (κ1) is 17.0. The molecular weight excluding hydrogens is 302 g/mol. The fourth-order valence-corrected chi connectivity index (χ4v) is 2.91. The van der Waals surface area contributed by atoms with Crippen LogP contribution in [0.4, 0.5) is 0 Å². The van der Waals surface area contributed by atoms with Gasteiger partial charge in [0.1, 0.15) is 5.15 Å². The lowest BCUT2D eigenvalue weighted by Crippen LogP contribution is -2.51. The minimum Gasteiger partial charge on any atom is -0.460 e. The highest BCUT2D eigenvalue weighted by atomic mass is 35.5. The number of carbonyl (C=O) groups excluding carboxylic acids is 1. The van der Waals surface area contributed by atoms with Crippen LogP contribution in [-0.2, 0) is 4.79 Å². The summed E-state index contributed by atoms with van der Waals surface area (Å²) in [6.45, 7) is 9.60. The number of aromatic nitrogens is 2. The standard InChI is InChI=1S/C16H24ClN3O2/c1-11(2)12-5-7-20(8-6-12)15(21)16(3,4)22-14-10-18-13(17)9-19-14/h9-12H,5-8H2,1-4H3. The van der Waals surface area contributed by atoms with Crippen molar-refractivity contribution < 1.29 is 9.53 Å². The van der Waals surface area contributed by atoms with Crippen molar-refractivity contribution in [3.63, 3.8) is 0 Å². The molecule has 0 bridgehead atoms. The van der Waals surface area contributed by atoms with Gasteiger partial charge in [0.2, 0.25) is 5.88 Å². The number of piperidine rings is 1. The van der Waals surface area contributed by atoms with E-state index < -0.39 is 5.60 Å². The maximum absolute atomic E-state index is 12.7. The topological polar surface area (TPSA) is 55.3 Å². The van der Waals surface area contributed by atoms with Crippen LogP contribution in [0.15, 0.2) is 12.4 Å². The summed E-state index contributed by atoms with van der Waals surface area (Å²) >= 11 is 5.70. The molecule has 5 nitrogen and oxygen atoms in total. The molecule has 0 saturated carbocycles. The average Bonchev–Trinajstić information content (AvgIpc) is 2.48. The molecule has 122 valence electrons. The Morgan fingerprint density at radius 3 is 2.45 bits per heavy atom. The molecule has 1 aliphatic rings. The minimum atomic E-state index is -0.965. The number of hydrogen-bond acceptors (Lipinski definition) is 4. The zero-order valence-corrected chi connectivity index (χ0v) is 14.4. The van der Waals surface area contributed by atoms with E-state index in [1.807, 2.05) is 4.90 Å². The van der Waals surface area contributed by atoms with Gasteiger partial charge in [0.15, 0.2) is 5.60 Å². The highest BCUT2D eigenvalue weighted by molar-refractivity contribution is 6.29. The Kier molecular flexibility index (Phi) is 5.27. The van der Waals surface area contributed by atoms with Gasteiger partial charge in [-0.25, -0.2) is 9.97 Å².